The number of nitrogens with two attached hydrogens (primary N) is 2. The lowest BCUT2D eigenvalue weighted by atomic mass is 10.1. The zero-order chi connectivity index (χ0) is 18.1. The lowest BCUT2D eigenvalue weighted by molar-refractivity contribution is -0.119. The molecule has 1 unspecified atom stereocenters. The van der Waals surface area contributed by atoms with Crippen molar-refractivity contribution in [1.29, 1.82) is 0 Å². The Hall–Kier alpha value is -1.70. The third kappa shape index (κ3) is 7.37. The number of halogens is 2. The second kappa shape index (κ2) is 11.8. The van der Waals surface area contributed by atoms with Gasteiger partial charge in [-0.15, -0.1) is 12.4 Å². The van der Waals surface area contributed by atoms with Crippen LogP contribution in [0.5, 0.6) is 11.5 Å². The van der Waals surface area contributed by atoms with E-state index in [0.717, 1.165) is 19.3 Å². The number of primary amides is 1. The predicted octanol–water partition coefficient (Wildman–Crippen LogP) is 1.88. The highest BCUT2D eigenvalue weighted by atomic mass is 35.5. The van der Waals surface area contributed by atoms with Crippen molar-refractivity contribution in [1.82, 2.24) is 5.32 Å². The molecule has 7 nitrogen and oxygen atoms in total. The Labute approximate surface area is 158 Å². The Bertz CT molecular complexity index is 585. The summed E-state index contributed by atoms with van der Waals surface area (Å²) in [4.78, 5) is 23.2. The fourth-order valence-electron chi connectivity index (χ4n) is 2.10. The first-order valence-electron chi connectivity index (χ1n) is 7.72. The number of carbonyl (C=O) groups excluding carboxylic acids is 2. The minimum absolute atomic E-state index is 0. The van der Waals surface area contributed by atoms with Gasteiger partial charge in [-0.05, 0) is 18.6 Å². The summed E-state index contributed by atoms with van der Waals surface area (Å²) in [5.41, 5.74) is 11.1. The Morgan fingerprint density at radius 3 is 2.56 bits per heavy atom. The number of benzene rings is 1. The first-order chi connectivity index (χ1) is 11.4. The van der Waals surface area contributed by atoms with E-state index in [1.807, 2.05) is 0 Å². The number of ether oxygens (including phenoxy) is 2. The fraction of sp³-hybridized carbons (Fsp3) is 0.500. The topological polar surface area (TPSA) is 117 Å². The van der Waals surface area contributed by atoms with E-state index in [0.29, 0.717) is 12.1 Å². The highest BCUT2D eigenvalue weighted by Crippen LogP contribution is 2.36. The van der Waals surface area contributed by atoms with E-state index < -0.39 is 5.91 Å². The summed E-state index contributed by atoms with van der Waals surface area (Å²) < 4.78 is 10.4. The van der Waals surface area contributed by atoms with Crippen LogP contribution in [-0.2, 0) is 4.79 Å². The van der Waals surface area contributed by atoms with E-state index in [4.69, 9.17) is 32.5 Å². The lowest BCUT2D eigenvalue weighted by Gasteiger charge is -2.18. The van der Waals surface area contributed by atoms with Crippen molar-refractivity contribution in [2.24, 2.45) is 11.5 Å². The van der Waals surface area contributed by atoms with Crippen LogP contribution < -0.4 is 26.3 Å². The zero-order valence-corrected chi connectivity index (χ0v) is 15.9. The highest BCUT2D eigenvalue weighted by Gasteiger charge is 2.18. The molecule has 1 atom stereocenters. The molecule has 0 aliphatic rings. The maximum atomic E-state index is 12.4. The standard InChI is InChI=1S/C16H24ClN3O4.ClH/c1-3-4-5-11(8-18)20-16(22)10-6-12(17)15(13(7-10)23-2)24-9-14(19)21;/h6-7,11H,3-5,8-9,18H2,1-2H3,(H2,19,21)(H,20,22);1H. The number of rotatable bonds is 10. The molecule has 0 bridgehead atoms. The second-order valence-corrected chi connectivity index (χ2v) is 5.70. The van der Waals surface area contributed by atoms with Crippen molar-refractivity contribution in [2.75, 3.05) is 20.3 Å². The quantitative estimate of drug-likeness (QED) is 0.560. The highest BCUT2D eigenvalue weighted by molar-refractivity contribution is 6.32. The SMILES string of the molecule is CCCCC(CN)NC(=O)c1cc(Cl)c(OCC(N)=O)c(OC)c1.Cl. The van der Waals surface area contributed by atoms with Crippen molar-refractivity contribution in [3.05, 3.63) is 22.7 Å². The molecule has 0 saturated carbocycles. The molecule has 1 rings (SSSR count). The molecule has 2 amide bonds. The van der Waals surface area contributed by atoms with Crippen LogP contribution in [0.2, 0.25) is 5.02 Å². The smallest absolute Gasteiger partial charge is 0.255 e. The van der Waals surface area contributed by atoms with Crippen molar-refractivity contribution in [3.63, 3.8) is 0 Å². The van der Waals surface area contributed by atoms with Gasteiger partial charge in [-0.1, -0.05) is 31.4 Å². The first-order valence-corrected chi connectivity index (χ1v) is 8.10. The molecule has 0 fully saturated rings. The van der Waals surface area contributed by atoms with Gasteiger partial charge in [0.25, 0.3) is 11.8 Å². The normalized spacial score (nSPS) is 11.2. The molecule has 0 radical (unpaired) electrons. The average molecular weight is 394 g/mol. The number of nitrogens with one attached hydrogen (secondary N) is 1. The summed E-state index contributed by atoms with van der Waals surface area (Å²) in [5, 5.41) is 3.02. The van der Waals surface area contributed by atoms with Gasteiger partial charge in [0.1, 0.15) is 0 Å². The van der Waals surface area contributed by atoms with Crippen molar-refractivity contribution in [3.8, 4) is 11.5 Å². The molecular formula is C16H25Cl2N3O4. The van der Waals surface area contributed by atoms with E-state index in [2.05, 4.69) is 12.2 Å². The number of hydrogen-bond donors (Lipinski definition) is 3. The van der Waals surface area contributed by atoms with Crippen LogP contribution in [0.15, 0.2) is 12.1 Å². The van der Waals surface area contributed by atoms with Gasteiger partial charge in [0, 0.05) is 18.2 Å². The van der Waals surface area contributed by atoms with E-state index in [-0.39, 0.29) is 47.5 Å². The van der Waals surface area contributed by atoms with E-state index in [1.54, 1.807) is 0 Å². The summed E-state index contributed by atoms with van der Waals surface area (Å²) in [6.45, 7) is 2.09. The maximum Gasteiger partial charge on any atom is 0.255 e. The molecule has 25 heavy (non-hydrogen) atoms. The summed E-state index contributed by atoms with van der Waals surface area (Å²) >= 11 is 6.13. The van der Waals surface area contributed by atoms with Gasteiger partial charge in [0.05, 0.1) is 12.1 Å². The van der Waals surface area contributed by atoms with E-state index in [1.165, 1.54) is 19.2 Å². The number of amides is 2. The Balaban J connectivity index is 0.00000576. The largest absolute Gasteiger partial charge is 0.493 e. The Morgan fingerprint density at radius 2 is 2.04 bits per heavy atom. The monoisotopic (exact) mass is 393 g/mol. The molecule has 142 valence electrons. The first kappa shape index (κ1) is 23.3. The molecule has 0 saturated heterocycles. The number of carbonyl (C=O) groups is 2. The summed E-state index contributed by atoms with van der Waals surface area (Å²) in [5.74, 6) is -0.539. The van der Waals surface area contributed by atoms with Gasteiger partial charge in [0.15, 0.2) is 18.1 Å². The molecule has 1 aromatic rings. The summed E-state index contributed by atoms with van der Waals surface area (Å²) in [6, 6.07) is 2.83. The van der Waals surface area contributed by atoms with E-state index in [9.17, 15) is 9.59 Å². The Kier molecular flexibility index (Phi) is 11.0. The minimum atomic E-state index is -0.642. The molecule has 0 heterocycles. The maximum absolute atomic E-state index is 12.4. The van der Waals surface area contributed by atoms with E-state index >= 15 is 0 Å². The Morgan fingerprint density at radius 1 is 1.36 bits per heavy atom. The van der Waals surface area contributed by atoms with Gasteiger partial charge in [-0.3, -0.25) is 9.59 Å². The molecular weight excluding hydrogens is 369 g/mol. The van der Waals surface area contributed by atoms with Crippen LogP contribution in [0.1, 0.15) is 36.5 Å². The van der Waals surface area contributed by atoms with Crippen LogP contribution in [-0.4, -0.2) is 38.1 Å². The molecule has 9 heteroatoms. The van der Waals surface area contributed by atoms with Gasteiger partial charge < -0.3 is 26.3 Å². The molecule has 5 N–H and O–H groups in total. The molecule has 0 aromatic heterocycles. The average Bonchev–Trinajstić information content (AvgIpc) is 2.56. The van der Waals surface area contributed by atoms with Gasteiger partial charge in [-0.2, -0.15) is 0 Å². The van der Waals surface area contributed by atoms with Crippen molar-refractivity contribution in [2.45, 2.75) is 32.2 Å². The van der Waals surface area contributed by atoms with Gasteiger partial charge in [-0.25, -0.2) is 0 Å². The summed E-state index contributed by atoms with van der Waals surface area (Å²) in [7, 11) is 1.41. The predicted molar refractivity (Wildman–Crippen MR) is 99.8 cm³/mol. The van der Waals surface area contributed by atoms with Crippen molar-refractivity contribution >= 4 is 35.8 Å². The van der Waals surface area contributed by atoms with Crippen molar-refractivity contribution < 1.29 is 19.1 Å². The van der Waals surface area contributed by atoms with Crippen LogP contribution in [0, 0.1) is 0 Å². The number of methoxy groups -OCH3 is 1. The molecule has 0 aliphatic carbocycles. The molecule has 0 spiro atoms. The molecule has 1 aromatic carbocycles. The minimum Gasteiger partial charge on any atom is -0.493 e. The van der Waals surface area contributed by atoms with Crippen LogP contribution in [0.25, 0.3) is 0 Å². The second-order valence-electron chi connectivity index (χ2n) is 5.29. The van der Waals surface area contributed by atoms with Gasteiger partial charge >= 0.3 is 0 Å². The van der Waals surface area contributed by atoms with Crippen LogP contribution in [0.4, 0.5) is 0 Å². The number of hydrogen-bond acceptors (Lipinski definition) is 5. The lowest BCUT2D eigenvalue weighted by Crippen LogP contribution is -2.40. The molecule has 0 aliphatic heterocycles. The summed E-state index contributed by atoms with van der Waals surface area (Å²) in [6.07, 6.45) is 2.81. The van der Waals surface area contributed by atoms with Gasteiger partial charge in [0.2, 0.25) is 0 Å². The van der Waals surface area contributed by atoms with Crippen LogP contribution in [0.3, 0.4) is 0 Å². The third-order valence-electron chi connectivity index (χ3n) is 3.38. The third-order valence-corrected chi connectivity index (χ3v) is 3.66. The fourth-order valence-corrected chi connectivity index (χ4v) is 2.37. The zero-order valence-electron chi connectivity index (χ0n) is 14.3. The number of unbranched alkanes of at least 4 members (excludes halogenated alkanes) is 1. The van der Waals surface area contributed by atoms with Crippen LogP contribution >= 0.6 is 24.0 Å².